The number of rotatable bonds is 2. The fourth-order valence-electron chi connectivity index (χ4n) is 2.53. The predicted octanol–water partition coefficient (Wildman–Crippen LogP) is 2.63. The molecule has 4 nitrogen and oxygen atoms in total. The van der Waals surface area contributed by atoms with Crippen molar-refractivity contribution in [1.82, 2.24) is 4.98 Å². The molecular formula is C16H15F2N3O. The van der Waals surface area contributed by atoms with Crippen LogP contribution in [0, 0.1) is 11.9 Å². The lowest BCUT2D eigenvalue weighted by Crippen LogP contribution is -2.37. The largest absolute Gasteiger partial charge is 0.386 e. The summed E-state index contributed by atoms with van der Waals surface area (Å²) < 4.78 is 32.2. The van der Waals surface area contributed by atoms with Crippen LogP contribution < -0.4 is 5.73 Å². The monoisotopic (exact) mass is 303 g/mol. The average Bonchev–Trinajstić information content (AvgIpc) is 2.47. The molecule has 2 N–H and O–H groups in total. The highest BCUT2D eigenvalue weighted by atomic mass is 19.1. The molecule has 0 saturated carbocycles. The van der Waals surface area contributed by atoms with E-state index in [9.17, 15) is 8.78 Å². The Morgan fingerprint density at radius 2 is 2.05 bits per heavy atom. The van der Waals surface area contributed by atoms with Gasteiger partial charge in [0.05, 0.1) is 6.61 Å². The van der Waals surface area contributed by atoms with Crippen LogP contribution in [0.25, 0.3) is 11.1 Å². The van der Waals surface area contributed by atoms with Crippen LogP contribution in [0.1, 0.15) is 12.5 Å². The summed E-state index contributed by atoms with van der Waals surface area (Å²) in [6, 6.07) is 9.70. The van der Waals surface area contributed by atoms with Crippen LogP contribution in [0.15, 0.2) is 41.4 Å². The van der Waals surface area contributed by atoms with Crippen LogP contribution in [0.2, 0.25) is 0 Å². The molecule has 1 aromatic carbocycles. The summed E-state index contributed by atoms with van der Waals surface area (Å²) in [5, 5.41) is 0. The Kier molecular flexibility index (Phi) is 3.62. The van der Waals surface area contributed by atoms with Crippen molar-refractivity contribution in [3.63, 3.8) is 0 Å². The molecule has 1 atom stereocenters. The normalized spacial score (nSPS) is 21.5. The van der Waals surface area contributed by atoms with Crippen LogP contribution in [0.3, 0.4) is 0 Å². The minimum Gasteiger partial charge on any atom is -0.386 e. The van der Waals surface area contributed by atoms with E-state index in [2.05, 4.69) is 9.98 Å². The Bertz CT molecular complexity index is 748. The van der Waals surface area contributed by atoms with Gasteiger partial charge < -0.3 is 10.5 Å². The van der Waals surface area contributed by atoms with E-state index in [-0.39, 0.29) is 5.56 Å². The molecule has 6 heteroatoms. The minimum absolute atomic E-state index is 0.237. The van der Waals surface area contributed by atoms with Gasteiger partial charge >= 0.3 is 0 Å². The number of nitrogens with two attached hydrogens (primary N) is 1. The molecule has 114 valence electrons. The van der Waals surface area contributed by atoms with Gasteiger partial charge in [0.25, 0.3) is 0 Å². The SMILES string of the molecule is CC1(c2cccc(-c3ccc(F)nc3F)c2)COCC(N)=N1. The first-order valence-electron chi connectivity index (χ1n) is 6.83. The standard InChI is InChI=1S/C16H15F2N3O/c1-16(9-22-8-14(19)21-16)11-4-2-3-10(7-11)12-5-6-13(17)20-15(12)18/h2-7H,8-9H2,1H3,(H2,19,21). The lowest BCUT2D eigenvalue weighted by atomic mass is 9.90. The summed E-state index contributed by atoms with van der Waals surface area (Å²) in [7, 11) is 0. The number of benzene rings is 1. The first-order valence-corrected chi connectivity index (χ1v) is 6.83. The molecule has 0 radical (unpaired) electrons. The van der Waals surface area contributed by atoms with E-state index in [1.165, 1.54) is 6.07 Å². The molecule has 1 unspecified atom stereocenters. The van der Waals surface area contributed by atoms with Crippen LogP contribution in [-0.2, 0) is 10.3 Å². The molecule has 1 aliphatic rings. The van der Waals surface area contributed by atoms with E-state index in [1.54, 1.807) is 18.2 Å². The van der Waals surface area contributed by atoms with Gasteiger partial charge in [-0.25, -0.2) is 0 Å². The highest BCUT2D eigenvalue weighted by Gasteiger charge is 2.30. The molecule has 0 bridgehead atoms. The third-order valence-electron chi connectivity index (χ3n) is 3.63. The average molecular weight is 303 g/mol. The minimum atomic E-state index is -0.845. The van der Waals surface area contributed by atoms with Crippen molar-refractivity contribution in [2.75, 3.05) is 13.2 Å². The van der Waals surface area contributed by atoms with Gasteiger partial charge in [0.2, 0.25) is 11.9 Å². The molecule has 0 saturated heterocycles. The fourth-order valence-corrected chi connectivity index (χ4v) is 2.53. The van der Waals surface area contributed by atoms with Gasteiger partial charge in [-0.1, -0.05) is 18.2 Å². The van der Waals surface area contributed by atoms with Crippen molar-refractivity contribution in [2.24, 2.45) is 10.7 Å². The van der Waals surface area contributed by atoms with Crippen molar-refractivity contribution in [3.8, 4) is 11.1 Å². The highest BCUT2D eigenvalue weighted by Crippen LogP contribution is 2.31. The van der Waals surface area contributed by atoms with Gasteiger partial charge in [0, 0.05) is 5.56 Å². The zero-order valence-corrected chi connectivity index (χ0v) is 12.0. The second-order valence-electron chi connectivity index (χ2n) is 5.42. The molecule has 0 fully saturated rings. The first kappa shape index (κ1) is 14.6. The van der Waals surface area contributed by atoms with E-state index < -0.39 is 17.4 Å². The van der Waals surface area contributed by atoms with Crippen LogP contribution in [0.5, 0.6) is 0 Å². The second kappa shape index (κ2) is 5.46. The molecule has 0 spiro atoms. The summed E-state index contributed by atoms with van der Waals surface area (Å²) in [5.74, 6) is -1.26. The highest BCUT2D eigenvalue weighted by molar-refractivity contribution is 5.82. The fraction of sp³-hybridized carbons (Fsp3) is 0.250. The van der Waals surface area contributed by atoms with Gasteiger partial charge in [0.1, 0.15) is 18.0 Å². The summed E-state index contributed by atoms with van der Waals surface area (Å²) in [5.41, 5.74) is 6.81. The van der Waals surface area contributed by atoms with E-state index in [0.29, 0.717) is 24.6 Å². The van der Waals surface area contributed by atoms with Crippen molar-refractivity contribution < 1.29 is 13.5 Å². The Labute approximate surface area is 126 Å². The van der Waals surface area contributed by atoms with Gasteiger partial charge in [-0.05, 0) is 36.2 Å². The van der Waals surface area contributed by atoms with Crippen LogP contribution in [-0.4, -0.2) is 24.0 Å². The second-order valence-corrected chi connectivity index (χ2v) is 5.42. The Morgan fingerprint density at radius 3 is 2.77 bits per heavy atom. The zero-order valence-electron chi connectivity index (χ0n) is 12.0. The molecule has 1 aliphatic heterocycles. The van der Waals surface area contributed by atoms with Crippen molar-refractivity contribution in [1.29, 1.82) is 0 Å². The Balaban J connectivity index is 2.05. The summed E-state index contributed by atoms with van der Waals surface area (Å²) >= 11 is 0. The number of hydrogen-bond donors (Lipinski definition) is 1. The van der Waals surface area contributed by atoms with Crippen LogP contribution in [0.4, 0.5) is 8.78 Å². The molecule has 3 rings (SSSR count). The molecule has 1 aromatic heterocycles. The zero-order chi connectivity index (χ0) is 15.7. The first-order chi connectivity index (χ1) is 10.5. The van der Waals surface area contributed by atoms with Crippen molar-refractivity contribution >= 4 is 5.84 Å². The van der Waals surface area contributed by atoms with Crippen LogP contribution >= 0.6 is 0 Å². The lowest BCUT2D eigenvalue weighted by Gasteiger charge is -2.30. The van der Waals surface area contributed by atoms with E-state index in [1.807, 2.05) is 13.0 Å². The molecule has 0 amide bonds. The number of ether oxygens (including phenoxy) is 1. The topological polar surface area (TPSA) is 60.5 Å². The number of amidine groups is 1. The van der Waals surface area contributed by atoms with Gasteiger partial charge in [-0.2, -0.15) is 13.8 Å². The maximum absolute atomic E-state index is 13.8. The summed E-state index contributed by atoms with van der Waals surface area (Å²) in [6.45, 7) is 2.60. The maximum Gasteiger partial charge on any atom is 0.223 e. The van der Waals surface area contributed by atoms with Crippen molar-refractivity contribution in [2.45, 2.75) is 12.5 Å². The summed E-state index contributed by atoms with van der Waals surface area (Å²) in [4.78, 5) is 7.67. The van der Waals surface area contributed by atoms with Crippen molar-refractivity contribution in [3.05, 3.63) is 53.9 Å². The molecular weight excluding hydrogens is 288 g/mol. The number of aromatic nitrogens is 1. The van der Waals surface area contributed by atoms with E-state index >= 15 is 0 Å². The van der Waals surface area contributed by atoms with E-state index in [0.717, 1.165) is 11.6 Å². The van der Waals surface area contributed by atoms with Gasteiger partial charge in [-0.3, -0.25) is 4.99 Å². The smallest absolute Gasteiger partial charge is 0.223 e. The van der Waals surface area contributed by atoms with Gasteiger partial charge in [-0.15, -0.1) is 0 Å². The number of halogens is 2. The molecule has 0 aliphatic carbocycles. The third-order valence-corrected chi connectivity index (χ3v) is 3.63. The summed E-state index contributed by atoms with van der Waals surface area (Å²) in [6.07, 6.45) is 0. The quantitative estimate of drug-likeness (QED) is 0.868. The number of hydrogen-bond acceptors (Lipinski definition) is 4. The Morgan fingerprint density at radius 1 is 1.23 bits per heavy atom. The maximum atomic E-state index is 13.8. The predicted molar refractivity (Wildman–Crippen MR) is 79.4 cm³/mol. The Hall–Kier alpha value is -2.34. The lowest BCUT2D eigenvalue weighted by molar-refractivity contribution is 0.106. The molecule has 2 aromatic rings. The third kappa shape index (κ3) is 2.69. The van der Waals surface area contributed by atoms with Gasteiger partial charge in [0.15, 0.2) is 0 Å². The number of aliphatic imine (C=N–C) groups is 1. The molecule has 22 heavy (non-hydrogen) atoms. The number of nitrogens with zero attached hydrogens (tertiary/aromatic N) is 2. The molecule has 2 heterocycles. The number of pyridine rings is 1. The van der Waals surface area contributed by atoms with E-state index in [4.69, 9.17) is 10.5 Å².